The Morgan fingerprint density at radius 3 is 2.64 bits per heavy atom. The molecule has 0 aliphatic carbocycles. The fourth-order valence-corrected chi connectivity index (χ4v) is 1.59. The third kappa shape index (κ3) is 1.33. The Morgan fingerprint density at radius 1 is 1.21 bits per heavy atom. The average molecular weight is 185 g/mol. The summed E-state index contributed by atoms with van der Waals surface area (Å²) in [4.78, 5) is 0. The zero-order chi connectivity index (χ0) is 10.1. The molecule has 0 fully saturated rings. The number of hydrogen-bond donors (Lipinski definition) is 1. The standard InChI is InChI=1S/C12H13N2/c1-8-5-4-6-11(10(8)3)12-9(2)7-13-14-12/h4-6H,1-3H3,(H,13,14). The van der Waals surface area contributed by atoms with Gasteiger partial charge in [0.25, 0.3) is 0 Å². The summed E-state index contributed by atoms with van der Waals surface area (Å²) in [6.45, 7) is 6.26. The molecule has 1 radical (unpaired) electrons. The number of benzene rings is 1. The lowest BCUT2D eigenvalue weighted by Crippen LogP contribution is -1.88. The zero-order valence-electron chi connectivity index (χ0n) is 8.68. The molecule has 14 heavy (non-hydrogen) atoms. The fraction of sp³-hybridized carbons (Fsp3) is 0.250. The van der Waals surface area contributed by atoms with Crippen molar-refractivity contribution < 1.29 is 0 Å². The highest BCUT2D eigenvalue weighted by molar-refractivity contribution is 5.67. The van der Waals surface area contributed by atoms with E-state index in [-0.39, 0.29) is 0 Å². The van der Waals surface area contributed by atoms with Crippen molar-refractivity contribution in [3.63, 3.8) is 0 Å². The number of aryl methyl sites for hydroxylation is 2. The molecule has 0 amide bonds. The number of hydrogen-bond acceptors (Lipinski definition) is 1. The molecule has 1 aromatic heterocycles. The first-order valence-corrected chi connectivity index (χ1v) is 4.69. The van der Waals surface area contributed by atoms with Crippen LogP contribution in [0.15, 0.2) is 18.2 Å². The van der Waals surface area contributed by atoms with Crippen molar-refractivity contribution in [3.05, 3.63) is 41.1 Å². The molecular weight excluding hydrogens is 172 g/mol. The second-order valence-corrected chi connectivity index (χ2v) is 3.58. The van der Waals surface area contributed by atoms with Crippen molar-refractivity contribution in [2.45, 2.75) is 20.8 Å². The molecule has 1 N–H and O–H groups in total. The Balaban J connectivity index is 2.63. The van der Waals surface area contributed by atoms with Crippen molar-refractivity contribution >= 4 is 0 Å². The molecule has 2 nitrogen and oxygen atoms in total. The molecule has 0 aliphatic rings. The second-order valence-electron chi connectivity index (χ2n) is 3.58. The normalized spacial score (nSPS) is 10.5. The van der Waals surface area contributed by atoms with E-state index in [0.717, 1.165) is 11.3 Å². The van der Waals surface area contributed by atoms with Gasteiger partial charge in [-0.3, -0.25) is 5.10 Å². The van der Waals surface area contributed by atoms with Gasteiger partial charge in [0, 0.05) is 11.1 Å². The highest BCUT2D eigenvalue weighted by Gasteiger charge is 2.07. The van der Waals surface area contributed by atoms with E-state index in [9.17, 15) is 0 Å². The van der Waals surface area contributed by atoms with E-state index in [4.69, 9.17) is 0 Å². The summed E-state index contributed by atoms with van der Waals surface area (Å²) >= 11 is 0. The van der Waals surface area contributed by atoms with Gasteiger partial charge in [0.05, 0.1) is 5.69 Å². The van der Waals surface area contributed by atoms with Crippen LogP contribution in [0.1, 0.15) is 16.7 Å². The molecule has 0 spiro atoms. The lowest BCUT2D eigenvalue weighted by molar-refractivity contribution is 1.09. The van der Waals surface area contributed by atoms with Gasteiger partial charge in [-0.25, -0.2) is 0 Å². The molecule has 2 heteroatoms. The Bertz CT molecular complexity index is 455. The minimum atomic E-state index is 1.07. The molecule has 71 valence electrons. The molecule has 1 heterocycles. The van der Waals surface area contributed by atoms with Crippen molar-refractivity contribution in [3.8, 4) is 11.3 Å². The summed E-state index contributed by atoms with van der Waals surface area (Å²) in [5, 5.41) is 6.90. The van der Waals surface area contributed by atoms with Gasteiger partial charge in [0.15, 0.2) is 0 Å². The smallest absolute Gasteiger partial charge is 0.116 e. The maximum absolute atomic E-state index is 3.92. The van der Waals surface area contributed by atoms with Crippen LogP contribution in [0.4, 0.5) is 0 Å². The van der Waals surface area contributed by atoms with Crippen LogP contribution >= 0.6 is 0 Å². The summed E-state index contributed by atoms with van der Waals surface area (Å²) < 4.78 is 0. The minimum Gasteiger partial charge on any atom is -0.277 e. The molecule has 0 saturated heterocycles. The van der Waals surface area contributed by atoms with E-state index < -0.39 is 0 Å². The van der Waals surface area contributed by atoms with E-state index in [1.165, 1.54) is 16.7 Å². The molecule has 0 aliphatic heterocycles. The van der Waals surface area contributed by atoms with Crippen LogP contribution in [0.25, 0.3) is 11.3 Å². The van der Waals surface area contributed by atoms with Gasteiger partial charge in [-0.1, -0.05) is 18.2 Å². The molecule has 0 saturated carbocycles. The second kappa shape index (κ2) is 3.29. The van der Waals surface area contributed by atoms with Gasteiger partial charge in [-0.05, 0) is 31.9 Å². The van der Waals surface area contributed by atoms with E-state index in [2.05, 4.69) is 48.4 Å². The topological polar surface area (TPSA) is 28.7 Å². The third-order valence-electron chi connectivity index (χ3n) is 2.64. The minimum absolute atomic E-state index is 1.07. The summed E-state index contributed by atoms with van der Waals surface area (Å²) in [7, 11) is 0. The highest BCUT2D eigenvalue weighted by atomic mass is 15.1. The van der Waals surface area contributed by atoms with Crippen LogP contribution in [0, 0.1) is 27.0 Å². The number of aromatic nitrogens is 2. The number of rotatable bonds is 1. The lowest BCUT2D eigenvalue weighted by atomic mass is 9.99. The van der Waals surface area contributed by atoms with Crippen LogP contribution < -0.4 is 0 Å². The summed E-state index contributed by atoms with van der Waals surface area (Å²) in [5.74, 6) is 0. The maximum atomic E-state index is 3.92. The first-order valence-electron chi connectivity index (χ1n) is 4.69. The van der Waals surface area contributed by atoms with Gasteiger partial charge in [-0.15, -0.1) is 0 Å². The van der Waals surface area contributed by atoms with Crippen LogP contribution in [-0.4, -0.2) is 10.2 Å². The first kappa shape index (κ1) is 9.00. The average Bonchev–Trinajstić information content (AvgIpc) is 2.57. The number of nitrogens with zero attached hydrogens (tertiary/aromatic N) is 1. The van der Waals surface area contributed by atoms with Crippen LogP contribution in [0.3, 0.4) is 0 Å². The maximum Gasteiger partial charge on any atom is 0.116 e. The van der Waals surface area contributed by atoms with Gasteiger partial charge in [0.2, 0.25) is 0 Å². The summed E-state index contributed by atoms with van der Waals surface area (Å²) in [6.07, 6.45) is 2.91. The summed E-state index contributed by atoms with van der Waals surface area (Å²) in [5.41, 5.74) is 5.96. The van der Waals surface area contributed by atoms with Crippen molar-refractivity contribution in [2.75, 3.05) is 0 Å². The molecule has 1 aromatic carbocycles. The van der Waals surface area contributed by atoms with Crippen molar-refractivity contribution in [1.29, 1.82) is 0 Å². The number of aromatic amines is 1. The quantitative estimate of drug-likeness (QED) is 0.727. The first-order chi connectivity index (χ1) is 6.70. The molecule has 2 aromatic rings. The van der Waals surface area contributed by atoms with Crippen molar-refractivity contribution in [2.24, 2.45) is 0 Å². The Hall–Kier alpha value is -1.57. The van der Waals surface area contributed by atoms with E-state index >= 15 is 0 Å². The van der Waals surface area contributed by atoms with Gasteiger partial charge < -0.3 is 0 Å². The molecular formula is C12H13N2. The molecule has 0 unspecified atom stereocenters. The monoisotopic (exact) mass is 185 g/mol. The fourth-order valence-electron chi connectivity index (χ4n) is 1.59. The SMILES string of the molecule is Cc1[c]n[nH]c1-c1cccc(C)c1C. The van der Waals surface area contributed by atoms with Crippen LogP contribution in [0.5, 0.6) is 0 Å². The Morgan fingerprint density at radius 2 is 2.00 bits per heavy atom. The third-order valence-corrected chi connectivity index (χ3v) is 2.64. The van der Waals surface area contributed by atoms with E-state index in [1.54, 1.807) is 0 Å². The van der Waals surface area contributed by atoms with E-state index in [1.807, 2.05) is 6.92 Å². The Labute approximate surface area is 84.0 Å². The van der Waals surface area contributed by atoms with Gasteiger partial charge >= 0.3 is 0 Å². The largest absolute Gasteiger partial charge is 0.277 e. The highest BCUT2D eigenvalue weighted by Crippen LogP contribution is 2.25. The Kier molecular flexibility index (Phi) is 2.12. The van der Waals surface area contributed by atoms with E-state index in [0.29, 0.717) is 0 Å². The number of H-pyrrole nitrogens is 1. The summed E-state index contributed by atoms with van der Waals surface area (Å²) in [6, 6.07) is 6.29. The van der Waals surface area contributed by atoms with Crippen molar-refractivity contribution in [1.82, 2.24) is 10.2 Å². The zero-order valence-corrected chi connectivity index (χ0v) is 8.68. The lowest BCUT2D eigenvalue weighted by Gasteiger charge is -2.06. The molecule has 0 atom stereocenters. The van der Waals surface area contributed by atoms with Gasteiger partial charge in [0.1, 0.15) is 6.20 Å². The predicted octanol–water partition coefficient (Wildman–Crippen LogP) is 2.80. The predicted molar refractivity (Wildman–Crippen MR) is 57.1 cm³/mol. The molecule has 0 bridgehead atoms. The van der Waals surface area contributed by atoms with Crippen LogP contribution in [-0.2, 0) is 0 Å². The molecule has 2 rings (SSSR count). The van der Waals surface area contributed by atoms with Crippen LogP contribution in [0.2, 0.25) is 0 Å². The van der Waals surface area contributed by atoms with Gasteiger partial charge in [-0.2, -0.15) is 5.10 Å². The number of nitrogens with one attached hydrogen (secondary N) is 1.